The van der Waals surface area contributed by atoms with Gasteiger partial charge in [0.2, 0.25) is 0 Å². The molecule has 0 bridgehead atoms. The van der Waals surface area contributed by atoms with E-state index >= 15 is 0 Å². The van der Waals surface area contributed by atoms with Crippen LogP contribution in [0.1, 0.15) is 5.56 Å². The number of benzene rings is 3. The van der Waals surface area contributed by atoms with Crippen molar-refractivity contribution in [2.45, 2.75) is 6.18 Å². The fourth-order valence-corrected chi connectivity index (χ4v) is 3.49. The monoisotopic (exact) mass is 422 g/mol. The van der Waals surface area contributed by atoms with Crippen LogP contribution in [-0.2, 0) is 6.18 Å². The first-order valence-corrected chi connectivity index (χ1v) is 9.35. The number of imidazole rings is 1. The Kier molecular flexibility index (Phi) is 4.35. The molecule has 2 aromatic heterocycles. The van der Waals surface area contributed by atoms with Crippen LogP contribution in [0.25, 0.3) is 33.7 Å². The molecule has 0 aliphatic rings. The van der Waals surface area contributed by atoms with Gasteiger partial charge in [-0.05, 0) is 66.7 Å². The van der Waals surface area contributed by atoms with E-state index in [0.29, 0.717) is 16.9 Å². The Hall–Kier alpha value is -3.94. The molecular formula is C23H14F4N4. The summed E-state index contributed by atoms with van der Waals surface area (Å²) in [6.45, 7) is 0. The Bertz CT molecular complexity index is 1360. The van der Waals surface area contributed by atoms with Crippen molar-refractivity contribution in [3.05, 3.63) is 96.7 Å². The minimum absolute atomic E-state index is 0.334. The highest BCUT2D eigenvalue weighted by Gasteiger charge is 2.30. The zero-order valence-corrected chi connectivity index (χ0v) is 15.9. The van der Waals surface area contributed by atoms with Gasteiger partial charge in [0.05, 0.1) is 34.2 Å². The highest BCUT2D eigenvalue weighted by molar-refractivity contribution is 5.83. The molecule has 0 N–H and O–H groups in total. The minimum atomic E-state index is -4.39. The summed E-state index contributed by atoms with van der Waals surface area (Å²) in [5.41, 5.74) is 3.64. The highest BCUT2D eigenvalue weighted by Crippen LogP contribution is 2.31. The summed E-state index contributed by atoms with van der Waals surface area (Å²) < 4.78 is 55.3. The van der Waals surface area contributed by atoms with E-state index in [2.05, 4.69) is 10.1 Å². The summed E-state index contributed by atoms with van der Waals surface area (Å²) in [4.78, 5) is 4.36. The molecule has 0 aliphatic heterocycles. The molecule has 0 fully saturated rings. The van der Waals surface area contributed by atoms with Crippen molar-refractivity contribution in [1.29, 1.82) is 0 Å². The molecule has 0 aliphatic carbocycles. The normalized spacial score (nSPS) is 11.9. The van der Waals surface area contributed by atoms with Gasteiger partial charge in [0.15, 0.2) is 0 Å². The van der Waals surface area contributed by atoms with Crippen molar-refractivity contribution in [3.8, 4) is 22.6 Å². The van der Waals surface area contributed by atoms with E-state index < -0.39 is 11.7 Å². The van der Waals surface area contributed by atoms with Crippen LogP contribution in [0, 0.1) is 5.82 Å². The van der Waals surface area contributed by atoms with E-state index in [4.69, 9.17) is 0 Å². The fourth-order valence-electron chi connectivity index (χ4n) is 3.49. The molecule has 0 spiro atoms. The number of nitrogens with zero attached hydrogens (tertiary/aromatic N) is 4. The van der Waals surface area contributed by atoms with Gasteiger partial charge in [-0.25, -0.2) is 14.1 Å². The van der Waals surface area contributed by atoms with Gasteiger partial charge in [-0.3, -0.25) is 4.57 Å². The Labute approximate surface area is 174 Å². The first-order valence-electron chi connectivity index (χ1n) is 9.35. The zero-order chi connectivity index (χ0) is 21.6. The lowest BCUT2D eigenvalue weighted by molar-refractivity contribution is -0.137. The number of hydrogen-bond donors (Lipinski definition) is 0. The summed E-state index contributed by atoms with van der Waals surface area (Å²) in [6, 6.07) is 18.4. The van der Waals surface area contributed by atoms with Crippen molar-refractivity contribution in [3.63, 3.8) is 0 Å². The maximum atomic E-state index is 13.3. The standard InChI is InChI=1S/C23H14F4N4/c24-17-4-8-19(9-5-17)31-21(11-12-29-31)15-1-10-20-22(13-15)30(14-28-20)18-6-2-16(3-7-18)23(25,26)27/h1-14H. The Morgan fingerprint density at radius 1 is 0.774 bits per heavy atom. The van der Waals surface area contributed by atoms with E-state index in [9.17, 15) is 17.6 Å². The number of aromatic nitrogens is 4. The molecule has 3 aromatic carbocycles. The Morgan fingerprint density at radius 2 is 1.48 bits per heavy atom. The van der Waals surface area contributed by atoms with Crippen molar-refractivity contribution >= 4 is 11.0 Å². The van der Waals surface area contributed by atoms with Crippen LogP contribution in [0.15, 0.2) is 85.3 Å². The Morgan fingerprint density at radius 3 is 2.19 bits per heavy atom. The molecule has 154 valence electrons. The van der Waals surface area contributed by atoms with Gasteiger partial charge in [0.25, 0.3) is 0 Å². The predicted molar refractivity (Wildman–Crippen MR) is 109 cm³/mol. The molecular weight excluding hydrogens is 408 g/mol. The lowest BCUT2D eigenvalue weighted by atomic mass is 10.1. The van der Waals surface area contributed by atoms with Crippen LogP contribution in [0.3, 0.4) is 0 Å². The second-order valence-corrected chi connectivity index (χ2v) is 6.97. The summed E-state index contributed by atoms with van der Waals surface area (Å²) in [6.07, 6.45) is -1.16. The van der Waals surface area contributed by atoms with Gasteiger partial charge < -0.3 is 0 Å². The summed E-state index contributed by atoms with van der Waals surface area (Å²) in [7, 11) is 0. The molecule has 0 unspecified atom stereocenters. The fraction of sp³-hybridized carbons (Fsp3) is 0.0435. The lowest BCUT2D eigenvalue weighted by Gasteiger charge is -2.10. The van der Waals surface area contributed by atoms with Crippen LogP contribution in [0.4, 0.5) is 17.6 Å². The SMILES string of the molecule is Fc1ccc(-n2nccc2-c2ccc3ncn(-c4ccc(C(F)(F)F)cc4)c3c2)cc1. The average molecular weight is 422 g/mol. The molecule has 4 nitrogen and oxygen atoms in total. The number of fused-ring (bicyclic) bond motifs is 1. The third kappa shape index (κ3) is 3.46. The van der Waals surface area contributed by atoms with Crippen molar-refractivity contribution in [2.75, 3.05) is 0 Å². The molecule has 31 heavy (non-hydrogen) atoms. The molecule has 0 atom stereocenters. The average Bonchev–Trinajstić information content (AvgIpc) is 3.40. The van der Waals surface area contributed by atoms with Gasteiger partial charge >= 0.3 is 6.18 Å². The maximum Gasteiger partial charge on any atom is 0.416 e. The summed E-state index contributed by atoms with van der Waals surface area (Å²) in [5.74, 6) is -0.334. The van der Waals surface area contributed by atoms with Gasteiger partial charge in [0, 0.05) is 11.3 Å². The maximum absolute atomic E-state index is 13.3. The second-order valence-electron chi connectivity index (χ2n) is 6.97. The largest absolute Gasteiger partial charge is 0.416 e. The molecule has 0 amide bonds. The van der Waals surface area contributed by atoms with Crippen molar-refractivity contribution in [2.24, 2.45) is 0 Å². The molecule has 0 radical (unpaired) electrons. The zero-order valence-electron chi connectivity index (χ0n) is 15.9. The highest BCUT2D eigenvalue weighted by atomic mass is 19.4. The molecule has 2 heterocycles. The molecule has 0 saturated heterocycles. The Balaban J connectivity index is 1.58. The van der Waals surface area contributed by atoms with Crippen LogP contribution < -0.4 is 0 Å². The summed E-state index contributed by atoms with van der Waals surface area (Å²) >= 11 is 0. The molecule has 8 heteroatoms. The second kappa shape index (κ2) is 7.09. The smallest absolute Gasteiger partial charge is 0.299 e. The van der Waals surface area contributed by atoms with Crippen LogP contribution in [-0.4, -0.2) is 19.3 Å². The van der Waals surface area contributed by atoms with Crippen LogP contribution in [0.5, 0.6) is 0 Å². The van der Waals surface area contributed by atoms with Crippen molar-refractivity contribution in [1.82, 2.24) is 19.3 Å². The van der Waals surface area contributed by atoms with Crippen molar-refractivity contribution < 1.29 is 17.6 Å². The summed E-state index contributed by atoms with van der Waals surface area (Å²) in [5, 5.41) is 4.34. The van der Waals surface area contributed by atoms with E-state index in [1.165, 1.54) is 24.3 Å². The predicted octanol–water partition coefficient (Wildman–Crippen LogP) is 6.04. The van der Waals surface area contributed by atoms with E-state index in [1.54, 1.807) is 33.9 Å². The van der Waals surface area contributed by atoms with Gasteiger partial charge in [-0.1, -0.05) is 6.07 Å². The number of alkyl halides is 3. The van der Waals surface area contributed by atoms with Gasteiger partial charge in [0.1, 0.15) is 12.1 Å². The van der Waals surface area contributed by atoms with Gasteiger partial charge in [-0.2, -0.15) is 18.3 Å². The quantitative estimate of drug-likeness (QED) is 0.333. The van der Waals surface area contributed by atoms with Crippen LogP contribution >= 0.6 is 0 Å². The molecule has 0 saturated carbocycles. The molecule has 5 aromatic rings. The minimum Gasteiger partial charge on any atom is -0.299 e. The topological polar surface area (TPSA) is 35.6 Å². The lowest BCUT2D eigenvalue weighted by Crippen LogP contribution is -2.04. The molecule has 5 rings (SSSR count). The number of rotatable bonds is 3. The first kappa shape index (κ1) is 19.0. The third-order valence-corrected chi connectivity index (χ3v) is 5.03. The first-order chi connectivity index (χ1) is 14.9. The number of halogens is 4. The third-order valence-electron chi connectivity index (χ3n) is 5.03. The van der Waals surface area contributed by atoms with E-state index in [-0.39, 0.29) is 5.82 Å². The van der Waals surface area contributed by atoms with E-state index in [1.807, 2.05) is 24.3 Å². The van der Waals surface area contributed by atoms with Gasteiger partial charge in [-0.15, -0.1) is 0 Å². The van der Waals surface area contributed by atoms with E-state index in [0.717, 1.165) is 28.9 Å². The van der Waals surface area contributed by atoms with Crippen LogP contribution in [0.2, 0.25) is 0 Å². The number of hydrogen-bond acceptors (Lipinski definition) is 2.